The second-order valence-corrected chi connectivity index (χ2v) is 9.50. The molecule has 1 fully saturated rings. The van der Waals surface area contributed by atoms with E-state index >= 15 is 0 Å². The first-order chi connectivity index (χ1) is 17.4. The summed E-state index contributed by atoms with van der Waals surface area (Å²) in [6, 6.07) is 14.5. The van der Waals surface area contributed by atoms with E-state index in [0.29, 0.717) is 57.8 Å². The number of rotatable bonds is 7. The highest BCUT2D eigenvalue weighted by Gasteiger charge is 2.21. The van der Waals surface area contributed by atoms with Crippen molar-refractivity contribution in [3.05, 3.63) is 82.4 Å². The highest BCUT2D eigenvalue weighted by molar-refractivity contribution is 6.30. The van der Waals surface area contributed by atoms with Crippen LogP contribution in [-0.4, -0.2) is 29.2 Å². The number of aromatic nitrogens is 2. The molecule has 1 aliphatic rings. The molecule has 0 aliphatic heterocycles. The third-order valence-electron chi connectivity index (χ3n) is 6.64. The molecule has 0 saturated heterocycles. The van der Waals surface area contributed by atoms with E-state index in [-0.39, 0.29) is 0 Å². The summed E-state index contributed by atoms with van der Waals surface area (Å²) in [5.41, 5.74) is 2.71. The molecule has 4 aromatic rings. The second kappa shape index (κ2) is 10.3. The molecule has 0 amide bonds. The molecule has 0 spiro atoms. The number of nitrogens with zero attached hydrogens (tertiary/aromatic N) is 2. The molecule has 1 aromatic heterocycles. The maximum atomic E-state index is 14.3. The average Bonchev–Trinajstić information content (AvgIpc) is 3.52. The van der Waals surface area contributed by atoms with Gasteiger partial charge in [-0.15, -0.1) is 0 Å². The van der Waals surface area contributed by atoms with Gasteiger partial charge in [-0.3, -0.25) is 0 Å². The van der Waals surface area contributed by atoms with E-state index in [2.05, 4.69) is 4.98 Å². The molecule has 1 aliphatic carbocycles. The third kappa shape index (κ3) is 4.93. The summed E-state index contributed by atoms with van der Waals surface area (Å²) < 4.78 is 41.2. The van der Waals surface area contributed by atoms with Gasteiger partial charge in [0.1, 0.15) is 11.6 Å². The number of methoxy groups -OCH3 is 1. The van der Waals surface area contributed by atoms with Crippen molar-refractivity contribution < 1.29 is 23.0 Å². The molecule has 3 aromatic carbocycles. The third-order valence-corrected chi connectivity index (χ3v) is 6.87. The predicted molar refractivity (Wildman–Crippen MR) is 134 cm³/mol. The Bertz CT molecular complexity index is 1410. The average molecular weight is 511 g/mol. The van der Waals surface area contributed by atoms with Gasteiger partial charge in [0.2, 0.25) is 0 Å². The molecule has 186 valence electrons. The molecule has 0 N–H and O–H groups in total. The number of benzene rings is 3. The van der Waals surface area contributed by atoms with Gasteiger partial charge in [0.25, 0.3) is 0 Å². The van der Waals surface area contributed by atoms with Crippen LogP contribution in [0.3, 0.4) is 0 Å². The van der Waals surface area contributed by atoms with Gasteiger partial charge >= 0.3 is 5.97 Å². The Morgan fingerprint density at radius 2 is 1.78 bits per heavy atom. The number of fused-ring (bicyclic) bond motifs is 1. The number of halogens is 3. The molecular formula is C28H25ClF2N2O3. The minimum Gasteiger partial charge on any atom is -0.492 e. The highest BCUT2D eigenvalue weighted by Crippen LogP contribution is 2.36. The molecule has 5 nitrogen and oxygen atoms in total. The van der Waals surface area contributed by atoms with Crippen LogP contribution in [0.25, 0.3) is 22.4 Å². The van der Waals surface area contributed by atoms with E-state index in [4.69, 9.17) is 21.1 Å². The fourth-order valence-electron chi connectivity index (χ4n) is 4.72. The minimum absolute atomic E-state index is 0.309. The monoisotopic (exact) mass is 510 g/mol. The van der Waals surface area contributed by atoms with Gasteiger partial charge in [-0.25, -0.2) is 18.6 Å². The van der Waals surface area contributed by atoms with Gasteiger partial charge in [0, 0.05) is 23.7 Å². The molecule has 36 heavy (non-hydrogen) atoms. The maximum Gasteiger partial charge on any atom is 0.337 e. The van der Waals surface area contributed by atoms with Crippen LogP contribution in [0.5, 0.6) is 5.75 Å². The van der Waals surface area contributed by atoms with Crippen LogP contribution < -0.4 is 4.74 Å². The first-order valence-electron chi connectivity index (χ1n) is 11.9. The Kier molecular flexibility index (Phi) is 6.92. The van der Waals surface area contributed by atoms with Gasteiger partial charge in [0.15, 0.2) is 11.6 Å². The molecule has 0 unspecified atom stereocenters. The molecule has 5 rings (SSSR count). The van der Waals surface area contributed by atoms with Crippen molar-refractivity contribution in [2.24, 2.45) is 5.92 Å². The number of ether oxygens (including phenoxy) is 2. The van der Waals surface area contributed by atoms with Crippen LogP contribution in [-0.2, 0) is 11.3 Å². The lowest BCUT2D eigenvalue weighted by molar-refractivity contribution is 0.0600. The molecule has 8 heteroatoms. The van der Waals surface area contributed by atoms with E-state index in [1.54, 1.807) is 36.4 Å². The lowest BCUT2D eigenvalue weighted by Crippen LogP contribution is -2.10. The zero-order chi connectivity index (χ0) is 25.2. The fraction of sp³-hybridized carbons (Fsp3) is 0.286. The summed E-state index contributed by atoms with van der Waals surface area (Å²) in [4.78, 5) is 16.5. The highest BCUT2D eigenvalue weighted by atomic mass is 35.5. The van der Waals surface area contributed by atoms with Crippen molar-refractivity contribution in [2.75, 3.05) is 13.7 Å². The predicted octanol–water partition coefficient (Wildman–Crippen LogP) is 7.04. The number of hydrogen-bond donors (Lipinski definition) is 0. The smallest absolute Gasteiger partial charge is 0.337 e. The number of carbonyl (C=O) groups excluding carboxylic acids is 1. The number of carbonyl (C=O) groups is 1. The first kappa shape index (κ1) is 24.3. The minimum atomic E-state index is -0.963. The molecule has 1 saturated carbocycles. The fourth-order valence-corrected chi connectivity index (χ4v) is 4.88. The Morgan fingerprint density at radius 1 is 1.06 bits per heavy atom. The lowest BCUT2D eigenvalue weighted by Gasteiger charge is -2.16. The summed E-state index contributed by atoms with van der Waals surface area (Å²) in [5.74, 6) is -0.775. The largest absolute Gasteiger partial charge is 0.492 e. The zero-order valence-electron chi connectivity index (χ0n) is 19.8. The van der Waals surface area contributed by atoms with Crippen LogP contribution in [0, 0.1) is 17.6 Å². The second-order valence-electron chi connectivity index (χ2n) is 9.07. The Morgan fingerprint density at radius 3 is 2.50 bits per heavy atom. The van der Waals surface area contributed by atoms with E-state index in [9.17, 15) is 13.6 Å². The molecular weight excluding hydrogens is 486 g/mol. The summed E-state index contributed by atoms with van der Waals surface area (Å²) in [6.07, 6.45) is 4.68. The van der Waals surface area contributed by atoms with Crippen LogP contribution in [0.15, 0.2) is 54.6 Å². The van der Waals surface area contributed by atoms with Gasteiger partial charge in [0.05, 0.1) is 35.9 Å². The van der Waals surface area contributed by atoms with Crippen molar-refractivity contribution in [1.29, 1.82) is 0 Å². The normalized spacial score (nSPS) is 13.9. The van der Waals surface area contributed by atoms with Crippen molar-refractivity contribution in [3.63, 3.8) is 0 Å². The summed E-state index contributed by atoms with van der Waals surface area (Å²) in [5, 5.41) is 0.526. The summed E-state index contributed by atoms with van der Waals surface area (Å²) in [7, 11) is 1.33. The van der Waals surface area contributed by atoms with Gasteiger partial charge in [-0.1, -0.05) is 36.6 Å². The number of imidazole rings is 1. The SMILES string of the molecule is COC(=O)c1ccc(Cn2c(-c3ccc(Cl)cc3OCC3CCCC3)nc3cc(F)c(F)cc32)cc1. The van der Waals surface area contributed by atoms with Crippen molar-refractivity contribution in [2.45, 2.75) is 32.2 Å². The quantitative estimate of drug-likeness (QED) is 0.250. The van der Waals surface area contributed by atoms with Crippen LogP contribution in [0.2, 0.25) is 5.02 Å². The van der Waals surface area contributed by atoms with E-state index in [1.807, 2.05) is 10.6 Å². The summed E-state index contributed by atoms with van der Waals surface area (Å²) >= 11 is 6.30. The van der Waals surface area contributed by atoms with Crippen molar-refractivity contribution in [1.82, 2.24) is 9.55 Å². The maximum absolute atomic E-state index is 14.3. The van der Waals surface area contributed by atoms with Gasteiger partial charge in [-0.2, -0.15) is 0 Å². The Labute approximate surface area is 212 Å². The van der Waals surface area contributed by atoms with E-state index in [0.717, 1.165) is 30.5 Å². The molecule has 1 heterocycles. The zero-order valence-corrected chi connectivity index (χ0v) is 20.5. The molecule has 0 radical (unpaired) electrons. The Hall–Kier alpha value is -3.45. The summed E-state index contributed by atoms with van der Waals surface area (Å²) in [6.45, 7) is 0.884. The van der Waals surface area contributed by atoms with Crippen LogP contribution in [0.1, 0.15) is 41.6 Å². The number of esters is 1. The molecule has 0 atom stereocenters. The Balaban J connectivity index is 1.58. The standard InChI is InChI=1S/C28H25ClF2N2O3/c1-35-28(34)19-8-6-17(7-9-19)15-33-25-14-23(31)22(30)13-24(25)32-27(33)21-11-10-20(29)12-26(21)36-16-18-4-2-3-5-18/h6-14,18H,2-5,15-16H2,1H3. The molecule has 0 bridgehead atoms. The van der Waals surface area contributed by atoms with E-state index in [1.165, 1.54) is 20.0 Å². The van der Waals surface area contributed by atoms with Crippen LogP contribution >= 0.6 is 11.6 Å². The van der Waals surface area contributed by atoms with E-state index < -0.39 is 17.6 Å². The van der Waals surface area contributed by atoms with Gasteiger partial charge in [-0.05, 0) is 54.7 Å². The topological polar surface area (TPSA) is 53.4 Å². The number of hydrogen-bond acceptors (Lipinski definition) is 4. The first-order valence-corrected chi connectivity index (χ1v) is 12.3. The van der Waals surface area contributed by atoms with Gasteiger partial charge < -0.3 is 14.0 Å². The lowest BCUT2D eigenvalue weighted by atomic mass is 10.1. The van der Waals surface area contributed by atoms with Crippen molar-refractivity contribution in [3.8, 4) is 17.1 Å². The van der Waals surface area contributed by atoms with Crippen molar-refractivity contribution >= 4 is 28.6 Å². The van der Waals surface area contributed by atoms with Crippen LogP contribution in [0.4, 0.5) is 8.78 Å².